The van der Waals surface area contributed by atoms with Crippen molar-refractivity contribution in [3.63, 3.8) is 0 Å². The van der Waals surface area contributed by atoms with Crippen molar-refractivity contribution in [3.8, 4) is 0 Å². The number of hydrogen-bond acceptors (Lipinski definition) is 4. The number of aryl methyl sites for hydroxylation is 1. The molecule has 1 aliphatic carbocycles. The standard InChI is InChI=1S/C28H43N3O4/c1-8-17-31(26(33)23(19(2)3)30-27(34)35-28(5,6)7)24(21-14-12-13-20(4)18-21)25(32)29-22-15-10-9-11-16-22/h8,12-14,18-19,22-24H,1,9-11,15-17H2,2-7H3,(H,29,32)(H,30,34). The Morgan fingerprint density at radius 1 is 1.17 bits per heavy atom. The molecule has 2 atom stereocenters. The van der Waals surface area contributed by atoms with E-state index in [1.165, 1.54) is 11.3 Å². The topological polar surface area (TPSA) is 87.7 Å². The number of alkyl carbamates (subject to hydrolysis) is 1. The molecule has 3 amide bonds. The highest BCUT2D eigenvalue weighted by molar-refractivity contribution is 5.92. The zero-order chi connectivity index (χ0) is 26.2. The van der Waals surface area contributed by atoms with Crippen LogP contribution in [0.1, 0.15) is 83.9 Å². The Hall–Kier alpha value is -2.83. The highest BCUT2D eigenvalue weighted by Crippen LogP contribution is 2.26. The van der Waals surface area contributed by atoms with Crippen molar-refractivity contribution in [1.29, 1.82) is 0 Å². The second-order valence-electron chi connectivity index (χ2n) is 10.8. The smallest absolute Gasteiger partial charge is 0.408 e. The maximum Gasteiger partial charge on any atom is 0.408 e. The Bertz CT molecular complexity index is 884. The molecule has 0 aromatic heterocycles. The fourth-order valence-corrected chi connectivity index (χ4v) is 4.43. The summed E-state index contributed by atoms with van der Waals surface area (Å²) in [6.07, 6.45) is 6.19. The minimum absolute atomic E-state index is 0.102. The van der Waals surface area contributed by atoms with Gasteiger partial charge in [-0.25, -0.2) is 4.79 Å². The Morgan fingerprint density at radius 3 is 2.37 bits per heavy atom. The third-order valence-electron chi connectivity index (χ3n) is 6.08. The summed E-state index contributed by atoms with van der Waals surface area (Å²) in [5.41, 5.74) is 1.03. The Kier molecular flexibility index (Phi) is 10.3. The van der Waals surface area contributed by atoms with Gasteiger partial charge >= 0.3 is 6.09 Å². The van der Waals surface area contributed by atoms with Crippen LogP contribution >= 0.6 is 0 Å². The Balaban J connectivity index is 2.41. The van der Waals surface area contributed by atoms with Gasteiger partial charge in [0.1, 0.15) is 17.7 Å². The molecule has 2 unspecified atom stereocenters. The predicted octanol–water partition coefficient (Wildman–Crippen LogP) is 5.05. The van der Waals surface area contributed by atoms with E-state index in [1.54, 1.807) is 26.8 Å². The fourth-order valence-electron chi connectivity index (χ4n) is 4.43. The van der Waals surface area contributed by atoms with E-state index in [0.717, 1.165) is 36.8 Å². The van der Waals surface area contributed by atoms with Gasteiger partial charge in [0.15, 0.2) is 0 Å². The first-order valence-electron chi connectivity index (χ1n) is 12.7. The van der Waals surface area contributed by atoms with Crippen LogP contribution in [-0.2, 0) is 14.3 Å². The van der Waals surface area contributed by atoms with Crippen molar-refractivity contribution >= 4 is 17.9 Å². The second-order valence-corrected chi connectivity index (χ2v) is 10.8. The zero-order valence-electron chi connectivity index (χ0n) is 22.2. The van der Waals surface area contributed by atoms with Crippen LogP contribution in [0.25, 0.3) is 0 Å². The molecule has 2 N–H and O–H groups in total. The van der Waals surface area contributed by atoms with E-state index in [0.29, 0.717) is 0 Å². The van der Waals surface area contributed by atoms with Crippen molar-refractivity contribution in [2.75, 3.05) is 6.54 Å². The van der Waals surface area contributed by atoms with Gasteiger partial charge < -0.3 is 20.3 Å². The molecule has 35 heavy (non-hydrogen) atoms. The highest BCUT2D eigenvalue weighted by atomic mass is 16.6. The van der Waals surface area contributed by atoms with Crippen LogP contribution in [0.15, 0.2) is 36.9 Å². The number of carbonyl (C=O) groups is 3. The molecule has 1 saturated carbocycles. The highest BCUT2D eigenvalue weighted by Gasteiger charge is 2.37. The predicted molar refractivity (Wildman–Crippen MR) is 139 cm³/mol. The van der Waals surface area contributed by atoms with Crippen LogP contribution in [0.5, 0.6) is 0 Å². The Labute approximate surface area is 210 Å². The molecule has 0 saturated heterocycles. The molecule has 1 aliphatic rings. The van der Waals surface area contributed by atoms with Crippen molar-refractivity contribution in [2.24, 2.45) is 5.92 Å². The number of hydrogen-bond donors (Lipinski definition) is 2. The van der Waals surface area contributed by atoms with Crippen LogP contribution in [0.4, 0.5) is 4.79 Å². The van der Waals surface area contributed by atoms with E-state index in [9.17, 15) is 14.4 Å². The van der Waals surface area contributed by atoms with Crippen molar-refractivity contribution < 1.29 is 19.1 Å². The number of ether oxygens (including phenoxy) is 1. The second kappa shape index (κ2) is 12.8. The van der Waals surface area contributed by atoms with Gasteiger partial charge in [-0.3, -0.25) is 9.59 Å². The minimum Gasteiger partial charge on any atom is -0.444 e. The Morgan fingerprint density at radius 2 is 1.83 bits per heavy atom. The lowest BCUT2D eigenvalue weighted by atomic mass is 9.94. The lowest BCUT2D eigenvalue weighted by molar-refractivity contribution is -0.143. The molecule has 0 radical (unpaired) electrons. The van der Waals surface area contributed by atoms with Gasteiger partial charge in [-0.1, -0.05) is 69.0 Å². The largest absolute Gasteiger partial charge is 0.444 e. The molecule has 0 spiro atoms. The average molecular weight is 486 g/mol. The normalized spacial score (nSPS) is 16.2. The first kappa shape index (κ1) is 28.4. The molecular formula is C28H43N3O4. The molecular weight excluding hydrogens is 442 g/mol. The van der Waals surface area contributed by atoms with Gasteiger partial charge in [0.25, 0.3) is 0 Å². The maximum absolute atomic E-state index is 13.9. The van der Waals surface area contributed by atoms with Crippen LogP contribution < -0.4 is 10.6 Å². The quantitative estimate of drug-likeness (QED) is 0.479. The lowest BCUT2D eigenvalue weighted by Gasteiger charge is -2.36. The molecule has 1 aromatic rings. The van der Waals surface area contributed by atoms with Crippen LogP contribution in [0.3, 0.4) is 0 Å². The van der Waals surface area contributed by atoms with Crippen LogP contribution in [-0.4, -0.2) is 47.0 Å². The molecule has 2 rings (SSSR count). The summed E-state index contributed by atoms with van der Waals surface area (Å²) >= 11 is 0. The third-order valence-corrected chi connectivity index (χ3v) is 6.08. The molecule has 1 aromatic carbocycles. The SMILES string of the molecule is C=CCN(C(=O)C(NC(=O)OC(C)(C)C)C(C)C)C(C(=O)NC1CCCCC1)c1cccc(C)c1. The summed E-state index contributed by atoms with van der Waals surface area (Å²) in [5.74, 6) is -0.782. The first-order chi connectivity index (χ1) is 16.4. The third kappa shape index (κ3) is 8.71. The summed E-state index contributed by atoms with van der Waals surface area (Å²) < 4.78 is 5.40. The van der Waals surface area contributed by atoms with E-state index in [1.807, 2.05) is 45.0 Å². The maximum atomic E-state index is 13.9. The zero-order valence-corrected chi connectivity index (χ0v) is 22.2. The minimum atomic E-state index is -0.861. The van der Waals surface area contributed by atoms with E-state index < -0.39 is 23.8 Å². The number of nitrogens with one attached hydrogen (secondary N) is 2. The number of carbonyl (C=O) groups excluding carboxylic acids is 3. The summed E-state index contributed by atoms with van der Waals surface area (Å²) in [4.78, 5) is 41.6. The van der Waals surface area contributed by atoms with Crippen LogP contribution in [0.2, 0.25) is 0 Å². The molecule has 0 aliphatic heterocycles. The lowest BCUT2D eigenvalue weighted by Crippen LogP contribution is -2.55. The molecule has 0 heterocycles. The molecule has 0 bridgehead atoms. The number of benzene rings is 1. The number of nitrogens with zero attached hydrogens (tertiary/aromatic N) is 1. The van der Waals surface area contributed by atoms with Gasteiger partial charge in [0, 0.05) is 12.6 Å². The van der Waals surface area contributed by atoms with Gasteiger partial charge in [0.2, 0.25) is 11.8 Å². The van der Waals surface area contributed by atoms with Crippen molar-refractivity contribution in [1.82, 2.24) is 15.5 Å². The molecule has 7 heteroatoms. The van der Waals surface area contributed by atoms with Gasteiger partial charge in [-0.2, -0.15) is 0 Å². The van der Waals surface area contributed by atoms with E-state index >= 15 is 0 Å². The van der Waals surface area contributed by atoms with E-state index in [4.69, 9.17) is 4.74 Å². The monoisotopic (exact) mass is 485 g/mol. The fraction of sp³-hybridized carbons (Fsp3) is 0.607. The number of rotatable bonds is 9. The molecule has 7 nitrogen and oxygen atoms in total. The van der Waals surface area contributed by atoms with Crippen LogP contribution in [0, 0.1) is 12.8 Å². The van der Waals surface area contributed by atoms with E-state index in [2.05, 4.69) is 17.2 Å². The summed E-state index contributed by atoms with van der Waals surface area (Å²) in [5, 5.41) is 5.92. The van der Waals surface area contributed by atoms with Crippen molar-refractivity contribution in [2.45, 2.75) is 97.4 Å². The van der Waals surface area contributed by atoms with Gasteiger partial charge in [0.05, 0.1) is 0 Å². The van der Waals surface area contributed by atoms with Gasteiger partial charge in [-0.05, 0) is 52.0 Å². The molecule has 194 valence electrons. The summed E-state index contributed by atoms with van der Waals surface area (Å²) in [6, 6.07) is 6.04. The van der Waals surface area contributed by atoms with Gasteiger partial charge in [-0.15, -0.1) is 6.58 Å². The first-order valence-corrected chi connectivity index (χ1v) is 12.7. The summed E-state index contributed by atoms with van der Waals surface area (Å²) in [7, 11) is 0. The average Bonchev–Trinajstić information content (AvgIpc) is 2.76. The number of amides is 3. The molecule has 1 fully saturated rings. The van der Waals surface area contributed by atoms with E-state index in [-0.39, 0.29) is 30.3 Å². The van der Waals surface area contributed by atoms with Crippen molar-refractivity contribution in [3.05, 3.63) is 48.0 Å². The summed E-state index contributed by atoms with van der Waals surface area (Å²) in [6.45, 7) is 15.0.